The van der Waals surface area contributed by atoms with Crippen LogP contribution in [0.25, 0.3) is 0 Å². The van der Waals surface area contributed by atoms with Crippen molar-refractivity contribution in [3.8, 4) is 0 Å². The van der Waals surface area contributed by atoms with Crippen LogP contribution in [0.4, 0.5) is 0 Å². The van der Waals surface area contributed by atoms with Crippen molar-refractivity contribution in [1.82, 2.24) is 10.2 Å². The Morgan fingerprint density at radius 2 is 2.00 bits per heavy atom. The molecular formula is C13H26N2O2S. The van der Waals surface area contributed by atoms with E-state index in [1.54, 1.807) is 0 Å². The number of hydrogen-bond donors (Lipinski definition) is 1. The molecule has 1 N–H and O–H groups in total. The van der Waals surface area contributed by atoms with Gasteiger partial charge in [0.15, 0.2) is 0 Å². The zero-order valence-corrected chi connectivity index (χ0v) is 12.2. The van der Waals surface area contributed by atoms with Crippen LogP contribution in [0.15, 0.2) is 0 Å². The van der Waals surface area contributed by atoms with Crippen LogP contribution in [0.5, 0.6) is 0 Å². The van der Waals surface area contributed by atoms with E-state index in [0.717, 1.165) is 32.1 Å². The Bertz CT molecular complexity index is 352. The lowest BCUT2D eigenvalue weighted by Gasteiger charge is -2.36. The second kappa shape index (κ2) is 6.35. The normalized spacial score (nSPS) is 26.4. The van der Waals surface area contributed by atoms with Crippen molar-refractivity contribution in [3.05, 3.63) is 0 Å². The third kappa shape index (κ3) is 5.24. The maximum atomic E-state index is 11.1. The van der Waals surface area contributed by atoms with E-state index in [-0.39, 0.29) is 0 Å². The monoisotopic (exact) mass is 274 g/mol. The molecule has 1 heterocycles. The first kappa shape index (κ1) is 14.3. The minimum Gasteiger partial charge on any atom is -0.312 e. The number of hydrogen-bond acceptors (Lipinski definition) is 4. The molecule has 0 aromatic heterocycles. The van der Waals surface area contributed by atoms with Crippen LogP contribution in [0.1, 0.15) is 38.5 Å². The van der Waals surface area contributed by atoms with Crippen molar-refractivity contribution in [1.29, 1.82) is 0 Å². The largest absolute Gasteiger partial charge is 0.312 e. The third-order valence-corrected chi connectivity index (χ3v) is 4.96. The van der Waals surface area contributed by atoms with E-state index in [2.05, 4.69) is 10.2 Å². The standard InChI is InChI=1S/C13H26N2O2S/c1-18(16,17)10-4-9-15-8-3-2-5-13(15)11-14-12-6-7-12/h12-14H,2-11H2,1H3. The van der Waals surface area contributed by atoms with E-state index in [9.17, 15) is 8.42 Å². The topological polar surface area (TPSA) is 49.4 Å². The Kier molecular flexibility index (Phi) is 5.04. The zero-order valence-electron chi connectivity index (χ0n) is 11.4. The van der Waals surface area contributed by atoms with Gasteiger partial charge in [0.2, 0.25) is 0 Å². The highest BCUT2D eigenvalue weighted by Crippen LogP contribution is 2.21. The van der Waals surface area contributed by atoms with Crippen molar-refractivity contribution >= 4 is 9.84 Å². The van der Waals surface area contributed by atoms with Crippen molar-refractivity contribution in [2.45, 2.75) is 50.6 Å². The summed E-state index contributed by atoms with van der Waals surface area (Å²) in [5.74, 6) is 0.326. The lowest BCUT2D eigenvalue weighted by Crippen LogP contribution is -2.46. The number of piperidine rings is 1. The molecule has 0 aromatic rings. The van der Waals surface area contributed by atoms with Crippen molar-refractivity contribution < 1.29 is 8.42 Å². The van der Waals surface area contributed by atoms with Gasteiger partial charge < -0.3 is 5.32 Å². The van der Waals surface area contributed by atoms with Crippen LogP contribution in [0.3, 0.4) is 0 Å². The van der Waals surface area contributed by atoms with Crippen LogP contribution in [-0.4, -0.2) is 57.0 Å². The van der Waals surface area contributed by atoms with E-state index in [4.69, 9.17) is 0 Å². The molecule has 0 amide bonds. The summed E-state index contributed by atoms with van der Waals surface area (Å²) < 4.78 is 22.3. The first-order valence-electron chi connectivity index (χ1n) is 7.20. The first-order valence-corrected chi connectivity index (χ1v) is 9.26. The Morgan fingerprint density at radius 3 is 2.67 bits per heavy atom. The van der Waals surface area contributed by atoms with Gasteiger partial charge in [-0.25, -0.2) is 8.42 Å². The van der Waals surface area contributed by atoms with Gasteiger partial charge >= 0.3 is 0 Å². The van der Waals surface area contributed by atoms with Gasteiger partial charge in [-0.05, 0) is 45.2 Å². The molecule has 1 aliphatic carbocycles. The van der Waals surface area contributed by atoms with E-state index in [1.807, 2.05) is 0 Å². The summed E-state index contributed by atoms with van der Waals surface area (Å²) in [4.78, 5) is 2.49. The maximum Gasteiger partial charge on any atom is 0.147 e. The van der Waals surface area contributed by atoms with Crippen molar-refractivity contribution in [3.63, 3.8) is 0 Å². The molecule has 0 spiro atoms. The molecule has 1 saturated carbocycles. The number of sulfone groups is 1. The molecule has 18 heavy (non-hydrogen) atoms. The Morgan fingerprint density at radius 1 is 1.22 bits per heavy atom. The Hall–Kier alpha value is -0.130. The molecule has 0 radical (unpaired) electrons. The smallest absolute Gasteiger partial charge is 0.147 e. The summed E-state index contributed by atoms with van der Waals surface area (Å²) in [7, 11) is -2.80. The number of nitrogens with one attached hydrogen (secondary N) is 1. The maximum absolute atomic E-state index is 11.1. The summed E-state index contributed by atoms with van der Waals surface area (Å²) >= 11 is 0. The second-order valence-electron chi connectivity index (χ2n) is 5.85. The third-order valence-electron chi connectivity index (χ3n) is 3.93. The molecule has 0 aromatic carbocycles. The lowest BCUT2D eigenvalue weighted by atomic mass is 10.0. The molecule has 1 atom stereocenters. The summed E-state index contributed by atoms with van der Waals surface area (Å²) in [6, 6.07) is 1.39. The van der Waals surface area contributed by atoms with E-state index >= 15 is 0 Å². The zero-order chi connectivity index (χ0) is 13.0. The highest BCUT2D eigenvalue weighted by molar-refractivity contribution is 7.90. The highest BCUT2D eigenvalue weighted by atomic mass is 32.2. The van der Waals surface area contributed by atoms with Crippen LogP contribution >= 0.6 is 0 Å². The summed E-state index contributed by atoms with van der Waals surface area (Å²) in [5.41, 5.74) is 0. The molecule has 2 aliphatic rings. The van der Waals surface area contributed by atoms with Crippen LogP contribution in [-0.2, 0) is 9.84 Å². The van der Waals surface area contributed by atoms with Crippen molar-refractivity contribution in [2.75, 3.05) is 31.6 Å². The number of rotatable bonds is 7. The minimum atomic E-state index is -2.80. The van der Waals surface area contributed by atoms with Gasteiger partial charge in [-0.2, -0.15) is 0 Å². The fourth-order valence-corrected chi connectivity index (χ4v) is 3.36. The molecule has 2 fully saturated rings. The highest BCUT2D eigenvalue weighted by Gasteiger charge is 2.26. The average Bonchev–Trinajstić information content (AvgIpc) is 3.10. The van der Waals surface area contributed by atoms with Crippen LogP contribution in [0.2, 0.25) is 0 Å². The lowest BCUT2D eigenvalue weighted by molar-refractivity contribution is 0.145. The fraction of sp³-hybridized carbons (Fsp3) is 1.00. The molecule has 1 saturated heterocycles. The molecule has 106 valence electrons. The van der Waals surface area contributed by atoms with E-state index in [1.165, 1.54) is 38.4 Å². The van der Waals surface area contributed by atoms with Gasteiger partial charge in [-0.15, -0.1) is 0 Å². The van der Waals surface area contributed by atoms with E-state index in [0.29, 0.717) is 11.8 Å². The molecule has 0 bridgehead atoms. The van der Waals surface area contributed by atoms with Crippen LogP contribution < -0.4 is 5.32 Å². The molecule has 1 aliphatic heterocycles. The summed E-state index contributed by atoms with van der Waals surface area (Å²) in [6.45, 7) is 3.16. The predicted octanol–water partition coefficient (Wildman–Crippen LogP) is 1.03. The number of likely N-dealkylation sites (tertiary alicyclic amines) is 1. The van der Waals surface area contributed by atoms with Gasteiger partial charge in [0.1, 0.15) is 9.84 Å². The van der Waals surface area contributed by atoms with Crippen molar-refractivity contribution in [2.24, 2.45) is 0 Å². The first-order chi connectivity index (χ1) is 8.54. The molecule has 2 rings (SSSR count). The quantitative estimate of drug-likeness (QED) is 0.753. The van der Waals surface area contributed by atoms with Gasteiger partial charge in [-0.3, -0.25) is 4.90 Å². The fourth-order valence-electron chi connectivity index (χ4n) is 2.71. The summed E-state index contributed by atoms with van der Waals surface area (Å²) in [6.07, 6.45) is 8.62. The summed E-state index contributed by atoms with van der Waals surface area (Å²) in [5, 5.41) is 3.60. The average molecular weight is 274 g/mol. The van der Waals surface area contributed by atoms with Crippen LogP contribution in [0, 0.1) is 0 Å². The van der Waals surface area contributed by atoms with Gasteiger partial charge in [0.25, 0.3) is 0 Å². The number of nitrogens with zero attached hydrogens (tertiary/aromatic N) is 1. The Labute approximate surface area is 111 Å². The van der Waals surface area contributed by atoms with Gasteiger partial charge in [0.05, 0.1) is 5.75 Å². The van der Waals surface area contributed by atoms with E-state index < -0.39 is 9.84 Å². The second-order valence-corrected chi connectivity index (χ2v) is 8.11. The molecular weight excluding hydrogens is 248 g/mol. The molecule has 1 unspecified atom stereocenters. The van der Waals surface area contributed by atoms with Gasteiger partial charge in [-0.1, -0.05) is 6.42 Å². The SMILES string of the molecule is CS(=O)(=O)CCCN1CCCCC1CNC1CC1. The minimum absolute atomic E-state index is 0.326. The molecule has 5 heteroatoms. The molecule has 4 nitrogen and oxygen atoms in total. The predicted molar refractivity (Wildman–Crippen MR) is 74.6 cm³/mol. The Balaban J connectivity index is 1.71. The van der Waals surface area contributed by atoms with Gasteiger partial charge in [0, 0.05) is 24.9 Å².